The van der Waals surface area contributed by atoms with Gasteiger partial charge in [-0.2, -0.15) is 0 Å². The molecule has 0 aromatic heterocycles. The summed E-state index contributed by atoms with van der Waals surface area (Å²) in [7, 11) is 3.45. The third-order valence-electron chi connectivity index (χ3n) is 4.22. The third-order valence-corrected chi connectivity index (χ3v) is 4.22. The monoisotopic (exact) mass is 262 g/mol. The van der Waals surface area contributed by atoms with Crippen molar-refractivity contribution in [1.82, 2.24) is 10.2 Å². The summed E-state index contributed by atoms with van der Waals surface area (Å²) in [4.78, 5) is 2.57. The van der Waals surface area contributed by atoms with Crippen LogP contribution < -0.4 is 14.8 Å². The van der Waals surface area contributed by atoms with Crippen LogP contribution in [0.5, 0.6) is 11.5 Å². The Morgan fingerprint density at radius 2 is 1.95 bits per heavy atom. The molecule has 0 bridgehead atoms. The molecule has 0 unspecified atom stereocenters. The second-order valence-corrected chi connectivity index (χ2v) is 5.29. The van der Waals surface area contributed by atoms with E-state index in [0.717, 1.165) is 24.6 Å². The van der Waals surface area contributed by atoms with Crippen molar-refractivity contribution in [2.24, 2.45) is 0 Å². The molecule has 3 rings (SSSR count). The molecule has 1 aromatic carbocycles. The number of methoxy groups -OCH3 is 2. The van der Waals surface area contributed by atoms with E-state index in [4.69, 9.17) is 9.47 Å². The molecule has 2 heterocycles. The molecule has 1 aromatic rings. The van der Waals surface area contributed by atoms with Crippen LogP contribution in [-0.4, -0.2) is 38.8 Å². The molecule has 19 heavy (non-hydrogen) atoms. The minimum Gasteiger partial charge on any atom is -0.497 e. The molecule has 1 fully saturated rings. The summed E-state index contributed by atoms with van der Waals surface area (Å²) in [6.07, 6.45) is 2.62. The highest BCUT2D eigenvalue weighted by molar-refractivity contribution is 5.49. The number of likely N-dealkylation sites (tertiary alicyclic amines) is 1. The molecule has 0 aliphatic carbocycles. The maximum atomic E-state index is 5.61. The number of benzene rings is 1. The van der Waals surface area contributed by atoms with Crippen LogP contribution in [0.2, 0.25) is 0 Å². The van der Waals surface area contributed by atoms with Crippen molar-refractivity contribution in [2.45, 2.75) is 25.4 Å². The van der Waals surface area contributed by atoms with Crippen molar-refractivity contribution >= 4 is 0 Å². The van der Waals surface area contributed by atoms with E-state index >= 15 is 0 Å². The molecular formula is C15H22N2O2. The fourth-order valence-corrected chi connectivity index (χ4v) is 3.28. The van der Waals surface area contributed by atoms with Crippen LogP contribution in [0.15, 0.2) is 12.1 Å². The molecule has 1 atom stereocenters. The SMILES string of the molecule is COc1cc2c(c(OC)c1)[C@H](N1CCCC1)CNC2. The smallest absolute Gasteiger partial charge is 0.127 e. The lowest BCUT2D eigenvalue weighted by Gasteiger charge is -2.34. The predicted molar refractivity (Wildman–Crippen MR) is 74.8 cm³/mol. The average molecular weight is 262 g/mol. The fraction of sp³-hybridized carbons (Fsp3) is 0.600. The molecule has 2 aliphatic rings. The first-order chi connectivity index (χ1) is 9.33. The zero-order valence-corrected chi connectivity index (χ0v) is 11.7. The lowest BCUT2D eigenvalue weighted by atomic mass is 9.94. The van der Waals surface area contributed by atoms with Gasteiger partial charge < -0.3 is 14.8 Å². The number of fused-ring (bicyclic) bond motifs is 1. The molecule has 1 N–H and O–H groups in total. The van der Waals surface area contributed by atoms with Crippen LogP contribution in [-0.2, 0) is 6.54 Å². The second kappa shape index (κ2) is 5.39. The summed E-state index contributed by atoms with van der Waals surface area (Å²) in [5.74, 6) is 1.84. The van der Waals surface area contributed by atoms with Gasteiger partial charge in [0.05, 0.1) is 20.3 Å². The van der Waals surface area contributed by atoms with Gasteiger partial charge in [-0.25, -0.2) is 0 Å². The Morgan fingerprint density at radius 1 is 1.16 bits per heavy atom. The highest BCUT2D eigenvalue weighted by Gasteiger charge is 2.30. The van der Waals surface area contributed by atoms with Gasteiger partial charge in [0.15, 0.2) is 0 Å². The number of nitrogens with one attached hydrogen (secondary N) is 1. The van der Waals surface area contributed by atoms with Crippen LogP contribution in [0, 0.1) is 0 Å². The summed E-state index contributed by atoms with van der Waals surface area (Å²) in [6, 6.07) is 4.58. The van der Waals surface area contributed by atoms with Gasteiger partial charge in [0.25, 0.3) is 0 Å². The Bertz CT molecular complexity index is 438. The van der Waals surface area contributed by atoms with Crippen molar-refractivity contribution in [1.29, 1.82) is 0 Å². The first-order valence-electron chi connectivity index (χ1n) is 7.03. The first kappa shape index (κ1) is 12.8. The van der Waals surface area contributed by atoms with Crippen LogP contribution in [0.25, 0.3) is 0 Å². The molecule has 4 nitrogen and oxygen atoms in total. The minimum atomic E-state index is 0.437. The molecule has 0 spiro atoms. The topological polar surface area (TPSA) is 33.7 Å². The predicted octanol–water partition coefficient (Wildman–Crippen LogP) is 1.94. The molecular weight excluding hydrogens is 240 g/mol. The van der Waals surface area contributed by atoms with E-state index in [-0.39, 0.29) is 0 Å². The molecule has 2 aliphatic heterocycles. The number of nitrogens with zero attached hydrogens (tertiary/aromatic N) is 1. The number of ether oxygens (including phenoxy) is 2. The van der Waals surface area contributed by atoms with Gasteiger partial charge >= 0.3 is 0 Å². The largest absolute Gasteiger partial charge is 0.497 e. The van der Waals surface area contributed by atoms with Gasteiger partial charge in [0, 0.05) is 24.7 Å². The summed E-state index contributed by atoms with van der Waals surface area (Å²) >= 11 is 0. The maximum absolute atomic E-state index is 5.61. The summed E-state index contributed by atoms with van der Waals surface area (Å²) in [5, 5.41) is 3.52. The van der Waals surface area contributed by atoms with Gasteiger partial charge in [-0.15, -0.1) is 0 Å². The summed E-state index contributed by atoms with van der Waals surface area (Å²) < 4.78 is 11.0. The van der Waals surface area contributed by atoms with E-state index in [9.17, 15) is 0 Å². The molecule has 0 saturated carbocycles. The Morgan fingerprint density at radius 3 is 2.63 bits per heavy atom. The van der Waals surface area contributed by atoms with Crippen LogP contribution in [0.3, 0.4) is 0 Å². The molecule has 104 valence electrons. The van der Waals surface area contributed by atoms with Crippen molar-refractivity contribution in [3.8, 4) is 11.5 Å². The Kier molecular flexibility index (Phi) is 3.62. The second-order valence-electron chi connectivity index (χ2n) is 5.29. The Balaban J connectivity index is 2.01. The van der Waals surface area contributed by atoms with Crippen molar-refractivity contribution in [2.75, 3.05) is 33.9 Å². The van der Waals surface area contributed by atoms with E-state index in [1.807, 2.05) is 6.07 Å². The van der Waals surface area contributed by atoms with Gasteiger partial charge in [-0.1, -0.05) is 0 Å². The molecule has 0 amide bonds. The number of hydrogen-bond acceptors (Lipinski definition) is 4. The highest BCUT2D eigenvalue weighted by Crippen LogP contribution is 2.38. The zero-order chi connectivity index (χ0) is 13.2. The lowest BCUT2D eigenvalue weighted by Crippen LogP contribution is -2.38. The van der Waals surface area contributed by atoms with Gasteiger partial charge in [0.1, 0.15) is 11.5 Å². The minimum absolute atomic E-state index is 0.437. The zero-order valence-electron chi connectivity index (χ0n) is 11.7. The molecule has 4 heteroatoms. The van der Waals surface area contributed by atoms with E-state index in [1.165, 1.54) is 37.1 Å². The Hall–Kier alpha value is -1.26. The van der Waals surface area contributed by atoms with E-state index in [0.29, 0.717) is 6.04 Å². The molecule has 0 radical (unpaired) electrons. The van der Waals surface area contributed by atoms with Crippen molar-refractivity contribution in [3.63, 3.8) is 0 Å². The maximum Gasteiger partial charge on any atom is 0.127 e. The highest BCUT2D eigenvalue weighted by atomic mass is 16.5. The fourth-order valence-electron chi connectivity index (χ4n) is 3.28. The van der Waals surface area contributed by atoms with Crippen LogP contribution >= 0.6 is 0 Å². The lowest BCUT2D eigenvalue weighted by molar-refractivity contribution is 0.222. The normalized spacial score (nSPS) is 23.2. The van der Waals surface area contributed by atoms with Gasteiger partial charge in [-0.05, 0) is 37.6 Å². The first-order valence-corrected chi connectivity index (χ1v) is 7.03. The van der Waals surface area contributed by atoms with Crippen LogP contribution in [0.4, 0.5) is 0 Å². The van der Waals surface area contributed by atoms with E-state index in [2.05, 4.69) is 16.3 Å². The van der Waals surface area contributed by atoms with Gasteiger partial charge in [0.2, 0.25) is 0 Å². The number of rotatable bonds is 3. The van der Waals surface area contributed by atoms with Crippen molar-refractivity contribution < 1.29 is 9.47 Å². The summed E-state index contributed by atoms with van der Waals surface area (Å²) in [6.45, 7) is 4.30. The van der Waals surface area contributed by atoms with Crippen molar-refractivity contribution in [3.05, 3.63) is 23.3 Å². The van der Waals surface area contributed by atoms with Crippen LogP contribution in [0.1, 0.15) is 30.0 Å². The van der Waals surface area contributed by atoms with E-state index < -0.39 is 0 Å². The standard InChI is InChI=1S/C15H22N2O2/c1-18-12-7-11-9-16-10-13(17-5-3-4-6-17)15(11)14(8-12)19-2/h7-8,13,16H,3-6,9-10H2,1-2H3/t13-/m1/s1. The number of hydrogen-bond donors (Lipinski definition) is 1. The average Bonchev–Trinajstić information content (AvgIpc) is 2.99. The van der Waals surface area contributed by atoms with Gasteiger partial charge in [-0.3, -0.25) is 4.90 Å². The third kappa shape index (κ3) is 2.30. The summed E-state index contributed by atoms with van der Waals surface area (Å²) in [5.41, 5.74) is 2.66. The quantitative estimate of drug-likeness (QED) is 0.902. The molecule has 1 saturated heterocycles. The van der Waals surface area contributed by atoms with E-state index in [1.54, 1.807) is 14.2 Å². The Labute approximate surface area is 114 Å².